The number of rotatable bonds is 7. The van der Waals surface area contributed by atoms with Gasteiger partial charge >= 0.3 is 5.97 Å². The van der Waals surface area contributed by atoms with Crippen LogP contribution in [0.25, 0.3) is 0 Å². The van der Waals surface area contributed by atoms with Crippen LogP contribution in [0.2, 0.25) is 0 Å². The van der Waals surface area contributed by atoms with Crippen molar-refractivity contribution in [2.75, 3.05) is 33.5 Å². The minimum Gasteiger partial charge on any atom is -0.464 e. The first kappa shape index (κ1) is 12.3. The van der Waals surface area contributed by atoms with Crippen LogP contribution >= 0.6 is 0 Å². The Morgan fingerprint density at radius 3 is 2.62 bits per heavy atom. The molecule has 0 aromatic carbocycles. The molecule has 5 nitrogen and oxygen atoms in total. The van der Waals surface area contributed by atoms with Gasteiger partial charge in [0.15, 0.2) is 6.10 Å². The first-order valence-electron chi connectivity index (χ1n) is 4.14. The van der Waals surface area contributed by atoms with Gasteiger partial charge in [0.25, 0.3) is 0 Å². The molecule has 78 valence electrons. The molecule has 0 bridgehead atoms. The summed E-state index contributed by atoms with van der Waals surface area (Å²) in [5, 5.41) is 8.76. The first-order chi connectivity index (χ1) is 6.26. The van der Waals surface area contributed by atoms with E-state index in [1.165, 1.54) is 7.11 Å². The lowest BCUT2D eigenvalue weighted by Crippen LogP contribution is -2.31. The SMILES string of the molecule is CCOC(=O)C(CO)OCCOC. The van der Waals surface area contributed by atoms with Crippen LogP contribution in [0.1, 0.15) is 6.92 Å². The molecule has 0 radical (unpaired) electrons. The number of carbonyl (C=O) groups is 1. The monoisotopic (exact) mass is 192 g/mol. The number of ether oxygens (including phenoxy) is 3. The molecule has 0 saturated carbocycles. The maximum absolute atomic E-state index is 11.0. The predicted molar refractivity (Wildman–Crippen MR) is 45.3 cm³/mol. The van der Waals surface area contributed by atoms with E-state index in [0.717, 1.165) is 0 Å². The largest absolute Gasteiger partial charge is 0.464 e. The third-order valence-corrected chi connectivity index (χ3v) is 1.32. The summed E-state index contributed by atoms with van der Waals surface area (Å²) in [4.78, 5) is 11.0. The lowest BCUT2D eigenvalue weighted by molar-refractivity contribution is -0.160. The van der Waals surface area contributed by atoms with E-state index in [-0.39, 0.29) is 19.8 Å². The van der Waals surface area contributed by atoms with Crippen LogP contribution in [0, 0.1) is 0 Å². The quantitative estimate of drug-likeness (QED) is 0.438. The Kier molecular flexibility index (Phi) is 7.57. The Morgan fingerprint density at radius 2 is 2.15 bits per heavy atom. The lowest BCUT2D eigenvalue weighted by atomic mass is 10.4. The second-order valence-corrected chi connectivity index (χ2v) is 2.29. The molecule has 0 aliphatic heterocycles. The van der Waals surface area contributed by atoms with Gasteiger partial charge in [0.05, 0.1) is 26.4 Å². The molecule has 0 aromatic heterocycles. The van der Waals surface area contributed by atoms with Crippen molar-refractivity contribution in [3.63, 3.8) is 0 Å². The van der Waals surface area contributed by atoms with Crippen molar-refractivity contribution in [2.45, 2.75) is 13.0 Å². The molecule has 0 fully saturated rings. The number of aliphatic hydroxyl groups is 1. The highest BCUT2D eigenvalue weighted by molar-refractivity contribution is 5.74. The molecule has 13 heavy (non-hydrogen) atoms. The molecule has 0 spiro atoms. The van der Waals surface area contributed by atoms with E-state index in [4.69, 9.17) is 14.6 Å². The molecule has 5 heteroatoms. The summed E-state index contributed by atoms with van der Waals surface area (Å²) in [6.07, 6.45) is -0.893. The van der Waals surface area contributed by atoms with Gasteiger partial charge in [-0.2, -0.15) is 0 Å². The fourth-order valence-corrected chi connectivity index (χ4v) is 0.704. The first-order valence-corrected chi connectivity index (χ1v) is 4.14. The molecule has 0 aliphatic rings. The maximum atomic E-state index is 11.0. The Morgan fingerprint density at radius 1 is 1.46 bits per heavy atom. The number of hydrogen-bond donors (Lipinski definition) is 1. The van der Waals surface area contributed by atoms with E-state index in [1.807, 2.05) is 0 Å². The molecular formula is C8H16O5. The van der Waals surface area contributed by atoms with Gasteiger partial charge in [-0.25, -0.2) is 4.79 Å². The lowest BCUT2D eigenvalue weighted by Gasteiger charge is -2.13. The predicted octanol–water partition coefficient (Wildman–Crippen LogP) is -0.427. The van der Waals surface area contributed by atoms with Crippen molar-refractivity contribution in [2.24, 2.45) is 0 Å². The summed E-state index contributed by atoms with van der Waals surface area (Å²) >= 11 is 0. The van der Waals surface area contributed by atoms with Crippen molar-refractivity contribution < 1.29 is 24.1 Å². The van der Waals surface area contributed by atoms with Crippen LogP contribution in [-0.2, 0) is 19.0 Å². The molecule has 1 atom stereocenters. The van der Waals surface area contributed by atoms with Gasteiger partial charge in [0.1, 0.15) is 0 Å². The van der Waals surface area contributed by atoms with Gasteiger partial charge in [-0.15, -0.1) is 0 Å². The maximum Gasteiger partial charge on any atom is 0.337 e. The zero-order chi connectivity index (χ0) is 10.1. The van der Waals surface area contributed by atoms with Crippen molar-refractivity contribution >= 4 is 5.97 Å². The summed E-state index contributed by atoms with van der Waals surface area (Å²) in [5.74, 6) is -0.541. The smallest absolute Gasteiger partial charge is 0.337 e. The molecule has 0 rings (SSSR count). The second kappa shape index (κ2) is 7.97. The summed E-state index contributed by atoms with van der Waals surface area (Å²) in [6, 6.07) is 0. The van der Waals surface area contributed by atoms with Crippen molar-refractivity contribution in [3.05, 3.63) is 0 Å². The average Bonchev–Trinajstić information content (AvgIpc) is 2.13. The standard InChI is InChI=1S/C8H16O5/c1-3-12-8(10)7(6-9)13-5-4-11-2/h7,9H,3-6H2,1-2H3. The van der Waals surface area contributed by atoms with Gasteiger partial charge in [-0.05, 0) is 6.92 Å². The van der Waals surface area contributed by atoms with Gasteiger partial charge in [-0.3, -0.25) is 0 Å². The van der Waals surface area contributed by atoms with Gasteiger partial charge in [-0.1, -0.05) is 0 Å². The van der Waals surface area contributed by atoms with Crippen molar-refractivity contribution in [1.82, 2.24) is 0 Å². The zero-order valence-electron chi connectivity index (χ0n) is 7.99. The highest BCUT2D eigenvalue weighted by Crippen LogP contribution is 1.95. The molecule has 0 amide bonds. The molecule has 1 N–H and O–H groups in total. The third-order valence-electron chi connectivity index (χ3n) is 1.32. The number of methoxy groups -OCH3 is 1. The number of carbonyl (C=O) groups excluding carboxylic acids is 1. The Bertz CT molecular complexity index is 136. The van der Waals surface area contributed by atoms with Crippen LogP contribution in [0.5, 0.6) is 0 Å². The average molecular weight is 192 g/mol. The topological polar surface area (TPSA) is 65.0 Å². The van der Waals surface area contributed by atoms with Crippen molar-refractivity contribution in [3.8, 4) is 0 Å². The van der Waals surface area contributed by atoms with Crippen LogP contribution in [0.3, 0.4) is 0 Å². The van der Waals surface area contributed by atoms with E-state index < -0.39 is 12.1 Å². The van der Waals surface area contributed by atoms with Gasteiger partial charge in [0.2, 0.25) is 0 Å². The highest BCUT2D eigenvalue weighted by Gasteiger charge is 2.18. The molecule has 0 aliphatic carbocycles. The molecule has 0 aromatic rings. The van der Waals surface area contributed by atoms with E-state index >= 15 is 0 Å². The van der Waals surface area contributed by atoms with Crippen molar-refractivity contribution in [1.29, 1.82) is 0 Å². The minimum atomic E-state index is -0.893. The fourth-order valence-electron chi connectivity index (χ4n) is 0.704. The van der Waals surface area contributed by atoms with E-state index in [2.05, 4.69) is 4.74 Å². The molecule has 0 heterocycles. The summed E-state index contributed by atoms with van der Waals surface area (Å²) in [7, 11) is 1.53. The second-order valence-electron chi connectivity index (χ2n) is 2.29. The normalized spacial score (nSPS) is 12.5. The molecular weight excluding hydrogens is 176 g/mol. The van der Waals surface area contributed by atoms with E-state index in [9.17, 15) is 4.79 Å². The number of aliphatic hydroxyl groups excluding tert-OH is 1. The summed E-state index contributed by atoms with van der Waals surface area (Å²) in [5.41, 5.74) is 0. The van der Waals surface area contributed by atoms with E-state index in [0.29, 0.717) is 6.61 Å². The number of esters is 1. The molecule has 1 unspecified atom stereocenters. The van der Waals surface area contributed by atoms with Gasteiger partial charge in [0, 0.05) is 7.11 Å². The third kappa shape index (κ3) is 5.57. The fraction of sp³-hybridized carbons (Fsp3) is 0.875. The Labute approximate surface area is 77.6 Å². The van der Waals surface area contributed by atoms with E-state index in [1.54, 1.807) is 6.92 Å². The summed E-state index contributed by atoms with van der Waals surface area (Å²) < 4.78 is 14.4. The summed E-state index contributed by atoms with van der Waals surface area (Å²) in [6.45, 7) is 2.25. The van der Waals surface area contributed by atoms with Crippen LogP contribution in [-0.4, -0.2) is 50.7 Å². The number of hydrogen-bond acceptors (Lipinski definition) is 5. The Balaban J connectivity index is 3.67. The van der Waals surface area contributed by atoms with Gasteiger partial charge < -0.3 is 19.3 Å². The van der Waals surface area contributed by atoms with Crippen LogP contribution in [0.15, 0.2) is 0 Å². The highest BCUT2D eigenvalue weighted by atomic mass is 16.6. The zero-order valence-corrected chi connectivity index (χ0v) is 7.99. The molecule has 0 saturated heterocycles. The minimum absolute atomic E-state index is 0.264. The Hall–Kier alpha value is -0.650. The van der Waals surface area contributed by atoms with Crippen LogP contribution < -0.4 is 0 Å². The van der Waals surface area contributed by atoms with Crippen LogP contribution in [0.4, 0.5) is 0 Å².